The summed E-state index contributed by atoms with van der Waals surface area (Å²) in [7, 11) is 0. The molecule has 1 aliphatic rings. The lowest BCUT2D eigenvalue weighted by Crippen LogP contribution is -2.51. The number of hydrogen-bond acceptors (Lipinski definition) is 3. The van der Waals surface area contributed by atoms with Gasteiger partial charge in [0.05, 0.1) is 6.54 Å². The summed E-state index contributed by atoms with van der Waals surface area (Å²) in [5.74, 6) is -0.0670. The minimum absolute atomic E-state index is 0.0183. The highest BCUT2D eigenvalue weighted by atomic mass is 35.5. The van der Waals surface area contributed by atoms with Crippen molar-refractivity contribution < 1.29 is 9.59 Å². The highest BCUT2D eigenvalue weighted by Crippen LogP contribution is 2.29. The van der Waals surface area contributed by atoms with Gasteiger partial charge < -0.3 is 15.1 Å². The molecule has 1 aliphatic heterocycles. The molecule has 0 radical (unpaired) electrons. The number of anilines is 1. The van der Waals surface area contributed by atoms with Gasteiger partial charge >= 0.3 is 0 Å². The molecule has 6 heteroatoms. The Morgan fingerprint density at radius 1 is 1.04 bits per heavy atom. The van der Waals surface area contributed by atoms with E-state index in [-0.39, 0.29) is 18.4 Å². The number of carbonyl (C=O) groups is 2. The standard InChI is InChI=1S/C19H20ClN3O2/c1-2-18(24)22-9-11-23(12-10-22)19(25)13-21-17-8-7-16(20)14-5-3-4-6-15(14)17/h2-8,21H,1,9-13H2. The van der Waals surface area contributed by atoms with Crippen LogP contribution < -0.4 is 5.32 Å². The highest BCUT2D eigenvalue weighted by molar-refractivity contribution is 6.36. The van der Waals surface area contributed by atoms with Gasteiger partial charge in [-0.05, 0) is 18.2 Å². The van der Waals surface area contributed by atoms with Gasteiger partial charge in [-0.2, -0.15) is 0 Å². The zero-order valence-electron chi connectivity index (χ0n) is 13.9. The maximum absolute atomic E-state index is 12.4. The van der Waals surface area contributed by atoms with Gasteiger partial charge in [0.15, 0.2) is 0 Å². The normalized spacial score (nSPS) is 14.4. The minimum Gasteiger partial charge on any atom is -0.376 e. The van der Waals surface area contributed by atoms with E-state index < -0.39 is 0 Å². The van der Waals surface area contributed by atoms with Crippen molar-refractivity contribution in [2.24, 2.45) is 0 Å². The van der Waals surface area contributed by atoms with Crippen LogP contribution in [0.5, 0.6) is 0 Å². The average molecular weight is 358 g/mol. The lowest BCUT2D eigenvalue weighted by Gasteiger charge is -2.34. The maximum Gasteiger partial charge on any atom is 0.246 e. The van der Waals surface area contributed by atoms with Crippen LogP contribution in [0.2, 0.25) is 5.02 Å². The molecule has 0 spiro atoms. The Morgan fingerprint density at radius 2 is 1.68 bits per heavy atom. The third-order valence-corrected chi connectivity index (χ3v) is 4.75. The summed E-state index contributed by atoms with van der Waals surface area (Å²) in [6.07, 6.45) is 1.31. The maximum atomic E-state index is 12.4. The van der Waals surface area contributed by atoms with E-state index in [0.717, 1.165) is 16.5 Å². The monoisotopic (exact) mass is 357 g/mol. The lowest BCUT2D eigenvalue weighted by atomic mass is 10.1. The van der Waals surface area contributed by atoms with Crippen molar-refractivity contribution in [1.29, 1.82) is 0 Å². The Labute approximate surface area is 151 Å². The first-order valence-corrected chi connectivity index (χ1v) is 8.58. The van der Waals surface area contributed by atoms with Crippen LogP contribution in [0.1, 0.15) is 0 Å². The van der Waals surface area contributed by atoms with Crippen LogP contribution in [0.4, 0.5) is 5.69 Å². The van der Waals surface area contributed by atoms with Crippen LogP contribution >= 0.6 is 11.6 Å². The predicted molar refractivity (Wildman–Crippen MR) is 101 cm³/mol. The molecule has 1 saturated heterocycles. The molecule has 3 rings (SSSR count). The molecule has 1 heterocycles. The molecule has 2 aromatic rings. The number of halogens is 1. The van der Waals surface area contributed by atoms with Gasteiger partial charge in [-0.1, -0.05) is 42.4 Å². The molecule has 0 aliphatic carbocycles. The van der Waals surface area contributed by atoms with Crippen LogP contribution in [-0.2, 0) is 9.59 Å². The van der Waals surface area contributed by atoms with Gasteiger partial charge in [0.1, 0.15) is 0 Å². The molecule has 1 fully saturated rings. The van der Waals surface area contributed by atoms with Gasteiger partial charge in [-0.3, -0.25) is 9.59 Å². The molecule has 0 unspecified atom stereocenters. The van der Waals surface area contributed by atoms with E-state index in [2.05, 4.69) is 11.9 Å². The summed E-state index contributed by atoms with van der Waals surface area (Å²) in [5.41, 5.74) is 0.883. The van der Waals surface area contributed by atoms with E-state index in [1.165, 1.54) is 6.08 Å². The molecule has 2 amide bonds. The number of benzene rings is 2. The molecule has 0 atom stereocenters. The van der Waals surface area contributed by atoms with E-state index >= 15 is 0 Å². The van der Waals surface area contributed by atoms with Crippen LogP contribution in [0.15, 0.2) is 49.1 Å². The average Bonchev–Trinajstić information content (AvgIpc) is 2.67. The minimum atomic E-state index is -0.0853. The van der Waals surface area contributed by atoms with Crippen LogP contribution in [0, 0.1) is 0 Å². The van der Waals surface area contributed by atoms with Crippen molar-refractivity contribution >= 4 is 39.9 Å². The highest BCUT2D eigenvalue weighted by Gasteiger charge is 2.22. The number of amides is 2. The van der Waals surface area contributed by atoms with E-state index in [1.54, 1.807) is 9.80 Å². The van der Waals surface area contributed by atoms with E-state index in [1.807, 2.05) is 36.4 Å². The quantitative estimate of drug-likeness (QED) is 0.856. The summed E-state index contributed by atoms with van der Waals surface area (Å²) in [4.78, 5) is 27.5. The zero-order valence-corrected chi connectivity index (χ0v) is 14.6. The van der Waals surface area contributed by atoms with Crippen molar-refractivity contribution in [3.05, 3.63) is 54.1 Å². The third kappa shape index (κ3) is 3.77. The van der Waals surface area contributed by atoms with Crippen LogP contribution in [-0.4, -0.2) is 54.3 Å². The Bertz CT molecular complexity index is 813. The smallest absolute Gasteiger partial charge is 0.246 e. The third-order valence-electron chi connectivity index (χ3n) is 4.42. The molecule has 1 N–H and O–H groups in total. The summed E-state index contributed by atoms with van der Waals surface area (Å²) in [6.45, 7) is 5.87. The van der Waals surface area contributed by atoms with Gasteiger partial charge in [0.25, 0.3) is 0 Å². The SMILES string of the molecule is C=CC(=O)N1CCN(C(=O)CNc2ccc(Cl)c3ccccc23)CC1. The Balaban J connectivity index is 1.61. The molecule has 25 heavy (non-hydrogen) atoms. The number of nitrogens with zero attached hydrogens (tertiary/aromatic N) is 2. The molecular formula is C19H20ClN3O2. The summed E-state index contributed by atoms with van der Waals surface area (Å²) in [5, 5.41) is 5.85. The number of piperazine rings is 1. The second-order valence-corrected chi connectivity index (χ2v) is 6.31. The molecule has 0 aromatic heterocycles. The fourth-order valence-corrected chi connectivity index (χ4v) is 3.23. The van der Waals surface area contributed by atoms with Crippen LogP contribution in [0.3, 0.4) is 0 Å². The van der Waals surface area contributed by atoms with Gasteiger partial charge in [-0.15, -0.1) is 0 Å². The first kappa shape index (κ1) is 17.3. The number of carbonyl (C=O) groups excluding carboxylic acids is 2. The van der Waals surface area contributed by atoms with Crippen molar-refractivity contribution in [3.63, 3.8) is 0 Å². The van der Waals surface area contributed by atoms with Crippen molar-refractivity contribution in [2.45, 2.75) is 0 Å². The first-order valence-electron chi connectivity index (χ1n) is 8.20. The van der Waals surface area contributed by atoms with E-state index in [4.69, 9.17) is 11.6 Å². The van der Waals surface area contributed by atoms with E-state index in [0.29, 0.717) is 31.2 Å². The van der Waals surface area contributed by atoms with Crippen LogP contribution in [0.25, 0.3) is 10.8 Å². The molecule has 130 valence electrons. The second-order valence-electron chi connectivity index (χ2n) is 5.90. The Morgan fingerprint density at radius 3 is 2.36 bits per heavy atom. The van der Waals surface area contributed by atoms with Crippen molar-refractivity contribution in [1.82, 2.24) is 9.80 Å². The molecule has 0 bridgehead atoms. The fourth-order valence-electron chi connectivity index (χ4n) is 3.00. The Hall–Kier alpha value is -2.53. The molecule has 2 aromatic carbocycles. The van der Waals surface area contributed by atoms with E-state index in [9.17, 15) is 9.59 Å². The zero-order chi connectivity index (χ0) is 17.8. The number of nitrogens with one attached hydrogen (secondary N) is 1. The second kappa shape index (κ2) is 7.57. The fraction of sp³-hybridized carbons (Fsp3) is 0.263. The first-order chi connectivity index (χ1) is 12.1. The predicted octanol–water partition coefficient (Wildman–Crippen LogP) is 2.76. The van der Waals surface area contributed by atoms with Gasteiger partial charge in [0, 0.05) is 47.7 Å². The van der Waals surface area contributed by atoms with Crippen molar-refractivity contribution in [3.8, 4) is 0 Å². The Kier molecular flexibility index (Phi) is 5.24. The number of rotatable bonds is 4. The summed E-state index contributed by atoms with van der Waals surface area (Å²) in [6, 6.07) is 11.5. The molecule has 0 saturated carbocycles. The summed E-state index contributed by atoms with van der Waals surface area (Å²) < 4.78 is 0. The molecular weight excluding hydrogens is 338 g/mol. The number of hydrogen-bond donors (Lipinski definition) is 1. The lowest BCUT2D eigenvalue weighted by molar-refractivity contribution is -0.135. The largest absolute Gasteiger partial charge is 0.376 e. The topological polar surface area (TPSA) is 52.7 Å². The van der Waals surface area contributed by atoms with Gasteiger partial charge in [0.2, 0.25) is 11.8 Å². The van der Waals surface area contributed by atoms with Crippen molar-refractivity contribution in [2.75, 3.05) is 38.0 Å². The summed E-state index contributed by atoms with van der Waals surface area (Å²) >= 11 is 6.22. The van der Waals surface area contributed by atoms with Gasteiger partial charge in [-0.25, -0.2) is 0 Å². The molecule has 5 nitrogen and oxygen atoms in total. The number of fused-ring (bicyclic) bond motifs is 1.